The molecule has 4 nitrogen and oxygen atoms in total. The van der Waals surface area contributed by atoms with E-state index in [2.05, 4.69) is 12.2 Å². The van der Waals surface area contributed by atoms with E-state index in [1.807, 2.05) is 4.90 Å². The van der Waals surface area contributed by atoms with Gasteiger partial charge in [-0.3, -0.25) is 4.79 Å². The number of nitrogens with zero attached hydrogens (tertiary/aromatic N) is 1. The Morgan fingerprint density at radius 2 is 2.19 bits per heavy atom. The fourth-order valence-electron chi connectivity index (χ4n) is 2.51. The van der Waals surface area contributed by atoms with Crippen LogP contribution in [0.2, 0.25) is 0 Å². The summed E-state index contributed by atoms with van der Waals surface area (Å²) < 4.78 is 5.33. The van der Waals surface area contributed by atoms with Gasteiger partial charge in [-0.15, -0.1) is 0 Å². The summed E-state index contributed by atoms with van der Waals surface area (Å²) in [6, 6.07) is -0.105. The zero-order chi connectivity index (χ0) is 11.4. The third-order valence-corrected chi connectivity index (χ3v) is 3.72. The van der Waals surface area contributed by atoms with E-state index in [0.717, 1.165) is 45.0 Å². The van der Waals surface area contributed by atoms with Crippen molar-refractivity contribution in [2.75, 3.05) is 32.8 Å². The van der Waals surface area contributed by atoms with Gasteiger partial charge in [-0.25, -0.2) is 0 Å². The van der Waals surface area contributed by atoms with E-state index in [1.54, 1.807) is 0 Å². The third-order valence-electron chi connectivity index (χ3n) is 3.72. The Labute approximate surface area is 97.3 Å². The van der Waals surface area contributed by atoms with Crippen LogP contribution in [0, 0.1) is 5.92 Å². The molecule has 2 fully saturated rings. The number of nitrogens with one attached hydrogen (secondary N) is 1. The van der Waals surface area contributed by atoms with Gasteiger partial charge in [0.15, 0.2) is 0 Å². The van der Waals surface area contributed by atoms with Gasteiger partial charge in [-0.2, -0.15) is 0 Å². The number of ether oxygens (including phenoxy) is 1. The molecule has 2 saturated heterocycles. The quantitative estimate of drug-likeness (QED) is 0.750. The Bertz CT molecular complexity index is 231. The van der Waals surface area contributed by atoms with Crippen molar-refractivity contribution in [3.05, 3.63) is 0 Å². The van der Waals surface area contributed by atoms with E-state index >= 15 is 0 Å². The average molecular weight is 226 g/mol. The molecule has 16 heavy (non-hydrogen) atoms. The number of hydrogen-bond donors (Lipinski definition) is 1. The summed E-state index contributed by atoms with van der Waals surface area (Å²) in [4.78, 5) is 14.1. The lowest BCUT2D eigenvalue weighted by Gasteiger charge is -2.35. The van der Waals surface area contributed by atoms with Crippen LogP contribution in [0.1, 0.15) is 26.2 Å². The molecule has 1 amide bonds. The maximum Gasteiger partial charge on any atom is 0.242 e. The smallest absolute Gasteiger partial charge is 0.242 e. The second-order valence-corrected chi connectivity index (χ2v) is 4.76. The van der Waals surface area contributed by atoms with E-state index in [9.17, 15) is 4.79 Å². The molecule has 0 aliphatic carbocycles. The summed E-state index contributed by atoms with van der Waals surface area (Å²) in [6.45, 7) is 6.14. The number of rotatable bonds is 2. The Balaban J connectivity index is 1.81. The molecular formula is C12H22N2O2. The van der Waals surface area contributed by atoms with E-state index in [1.165, 1.54) is 6.42 Å². The van der Waals surface area contributed by atoms with Crippen LogP contribution in [0.4, 0.5) is 0 Å². The second kappa shape index (κ2) is 5.64. The number of carbonyl (C=O) groups is 1. The molecular weight excluding hydrogens is 204 g/mol. The molecule has 2 aliphatic heterocycles. The van der Waals surface area contributed by atoms with Crippen molar-refractivity contribution in [1.29, 1.82) is 0 Å². The fourth-order valence-corrected chi connectivity index (χ4v) is 2.51. The first-order chi connectivity index (χ1) is 7.81. The summed E-state index contributed by atoms with van der Waals surface area (Å²) in [7, 11) is 0. The van der Waals surface area contributed by atoms with Crippen LogP contribution in [0.3, 0.4) is 0 Å². The first-order valence-electron chi connectivity index (χ1n) is 6.41. The molecule has 2 aliphatic rings. The van der Waals surface area contributed by atoms with Crippen LogP contribution >= 0.6 is 0 Å². The Morgan fingerprint density at radius 3 is 2.75 bits per heavy atom. The summed E-state index contributed by atoms with van der Waals surface area (Å²) in [5.74, 6) is 1.05. The molecule has 0 radical (unpaired) electrons. The van der Waals surface area contributed by atoms with Crippen molar-refractivity contribution in [2.24, 2.45) is 5.92 Å². The molecule has 0 spiro atoms. The Hall–Kier alpha value is -0.610. The topological polar surface area (TPSA) is 41.6 Å². The summed E-state index contributed by atoms with van der Waals surface area (Å²) in [5, 5.41) is 3.23. The molecule has 0 saturated carbocycles. The summed E-state index contributed by atoms with van der Waals surface area (Å²) in [5.41, 5.74) is 0. The fraction of sp³-hybridized carbons (Fsp3) is 0.917. The van der Waals surface area contributed by atoms with Crippen molar-refractivity contribution in [3.8, 4) is 0 Å². The monoisotopic (exact) mass is 226 g/mol. The molecule has 2 heterocycles. The number of likely N-dealkylation sites (tertiary alicyclic amines) is 1. The third kappa shape index (κ3) is 2.74. The molecule has 2 rings (SSSR count). The largest absolute Gasteiger partial charge is 0.378 e. The molecule has 0 aromatic carbocycles. The molecule has 4 heteroatoms. The summed E-state index contributed by atoms with van der Waals surface area (Å²) >= 11 is 0. The first kappa shape index (κ1) is 11.9. The minimum atomic E-state index is -0.105. The van der Waals surface area contributed by atoms with Gasteiger partial charge in [0, 0.05) is 19.6 Å². The van der Waals surface area contributed by atoms with Crippen molar-refractivity contribution in [1.82, 2.24) is 10.2 Å². The lowest BCUT2D eigenvalue weighted by molar-refractivity contribution is -0.137. The summed E-state index contributed by atoms with van der Waals surface area (Å²) in [6.07, 6.45) is 3.57. The molecule has 0 bridgehead atoms. The maximum absolute atomic E-state index is 12.1. The highest BCUT2D eigenvalue weighted by atomic mass is 16.5. The zero-order valence-corrected chi connectivity index (χ0v) is 10.1. The minimum absolute atomic E-state index is 0.105. The molecule has 0 aromatic heterocycles. The van der Waals surface area contributed by atoms with Gasteiger partial charge in [0.25, 0.3) is 0 Å². The van der Waals surface area contributed by atoms with Gasteiger partial charge >= 0.3 is 0 Å². The molecule has 0 aromatic rings. The van der Waals surface area contributed by atoms with Gasteiger partial charge < -0.3 is 15.0 Å². The van der Waals surface area contributed by atoms with Gasteiger partial charge in [0.1, 0.15) is 6.04 Å². The number of hydrogen-bond acceptors (Lipinski definition) is 3. The van der Waals surface area contributed by atoms with E-state index in [4.69, 9.17) is 4.74 Å². The first-order valence-corrected chi connectivity index (χ1v) is 6.41. The Kier molecular flexibility index (Phi) is 4.18. The number of amides is 1. The van der Waals surface area contributed by atoms with Crippen LogP contribution in [0.25, 0.3) is 0 Å². The number of piperidine rings is 1. The number of carbonyl (C=O) groups excluding carboxylic acids is 1. The zero-order valence-electron chi connectivity index (χ0n) is 10.1. The highest BCUT2D eigenvalue weighted by Crippen LogP contribution is 2.20. The SMILES string of the molecule is CCC1CCN(C(=O)C2COCCN2)CC1. The minimum Gasteiger partial charge on any atom is -0.378 e. The average Bonchev–Trinajstić information content (AvgIpc) is 2.39. The van der Waals surface area contributed by atoms with E-state index < -0.39 is 0 Å². The maximum atomic E-state index is 12.1. The standard InChI is InChI=1S/C12H22N2O2/c1-2-10-3-6-14(7-4-10)12(15)11-9-16-8-5-13-11/h10-11,13H,2-9H2,1H3. The molecule has 92 valence electrons. The molecule has 1 N–H and O–H groups in total. The van der Waals surface area contributed by atoms with Crippen LogP contribution in [-0.4, -0.2) is 49.7 Å². The predicted octanol–water partition coefficient (Wildman–Crippen LogP) is 0.623. The Morgan fingerprint density at radius 1 is 1.44 bits per heavy atom. The second-order valence-electron chi connectivity index (χ2n) is 4.76. The van der Waals surface area contributed by atoms with E-state index in [-0.39, 0.29) is 11.9 Å². The number of morpholine rings is 1. The van der Waals surface area contributed by atoms with Gasteiger partial charge in [0.2, 0.25) is 5.91 Å². The van der Waals surface area contributed by atoms with Crippen LogP contribution < -0.4 is 5.32 Å². The van der Waals surface area contributed by atoms with E-state index in [0.29, 0.717) is 6.61 Å². The van der Waals surface area contributed by atoms with Gasteiger partial charge in [-0.05, 0) is 18.8 Å². The van der Waals surface area contributed by atoms with Crippen LogP contribution in [-0.2, 0) is 9.53 Å². The van der Waals surface area contributed by atoms with Crippen molar-refractivity contribution in [2.45, 2.75) is 32.2 Å². The van der Waals surface area contributed by atoms with Gasteiger partial charge in [-0.1, -0.05) is 13.3 Å². The van der Waals surface area contributed by atoms with Crippen molar-refractivity contribution < 1.29 is 9.53 Å². The van der Waals surface area contributed by atoms with Gasteiger partial charge in [0.05, 0.1) is 13.2 Å². The highest BCUT2D eigenvalue weighted by molar-refractivity contribution is 5.82. The lowest BCUT2D eigenvalue weighted by Crippen LogP contribution is -2.54. The van der Waals surface area contributed by atoms with Crippen LogP contribution in [0.15, 0.2) is 0 Å². The van der Waals surface area contributed by atoms with Crippen LogP contribution in [0.5, 0.6) is 0 Å². The molecule has 1 atom stereocenters. The lowest BCUT2D eigenvalue weighted by atomic mass is 9.94. The predicted molar refractivity (Wildman–Crippen MR) is 62.2 cm³/mol. The molecule has 1 unspecified atom stereocenters. The van der Waals surface area contributed by atoms with Crippen molar-refractivity contribution in [3.63, 3.8) is 0 Å². The normalized spacial score (nSPS) is 28.1. The highest BCUT2D eigenvalue weighted by Gasteiger charge is 2.28. The van der Waals surface area contributed by atoms with Crippen molar-refractivity contribution >= 4 is 5.91 Å².